The maximum absolute atomic E-state index is 13.7. The van der Waals surface area contributed by atoms with Gasteiger partial charge in [0, 0.05) is 59.0 Å². The summed E-state index contributed by atoms with van der Waals surface area (Å²) < 4.78 is 52.3. The zero-order valence-electron chi connectivity index (χ0n) is 22.5. The fourth-order valence-corrected chi connectivity index (χ4v) is 5.43. The molecule has 1 N–H and O–H groups in total. The van der Waals surface area contributed by atoms with Crippen LogP contribution in [0.1, 0.15) is 10.4 Å². The molecule has 0 fully saturated rings. The zero-order chi connectivity index (χ0) is 29.8. The summed E-state index contributed by atoms with van der Waals surface area (Å²) in [5.74, 6) is -0.385. The predicted octanol–water partition coefficient (Wildman–Crippen LogP) is 6.52. The van der Waals surface area contributed by atoms with Gasteiger partial charge in [-0.3, -0.25) is 9.10 Å². The summed E-state index contributed by atoms with van der Waals surface area (Å²) in [7, 11) is -0.846. The second-order valence-corrected chi connectivity index (χ2v) is 11.9. The molecule has 0 aliphatic rings. The quantitative estimate of drug-likeness (QED) is 0.230. The van der Waals surface area contributed by atoms with Crippen LogP contribution in [0, 0.1) is 5.82 Å². The zero-order valence-corrected chi connectivity index (χ0v) is 24.0. The first-order valence-corrected chi connectivity index (χ1v) is 14.8. The van der Waals surface area contributed by atoms with Crippen LogP contribution in [0.4, 0.5) is 10.1 Å². The molecule has 3 heterocycles. The second-order valence-electron chi connectivity index (χ2n) is 9.53. The number of oxazole rings is 1. The molecule has 0 bridgehead atoms. The Morgan fingerprint density at radius 1 is 0.976 bits per heavy atom. The lowest BCUT2D eigenvalue weighted by Gasteiger charge is -2.21. The predicted molar refractivity (Wildman–Crippen MR) is 159 cm³/mol. The van der Waals surface area contributed by atoms with Gasteiger partial charge in [0.05, 0.1) is 17.5 Å². The minimum Gasteiger partial charge on any atom is -0.455 e. The second kappa shape index (κ2) is 10.3. The minimum atomic E-state index is -3.74. The third-order valence-corrected chi connectivity index (χ3v) is 8.39. The number of rotatable bonds is 6. The Balaban J connectivity index is 1.64. The standard InChI is InChI=1S/C30H22ClFN4O5S/c1-33-29(37)26-21-14-20(19-13-17(8-11-22(19)31)30-35-28-24(41-30)5-4-12-34-28)23(36(2)42(3,38)39)15-25(21)40-27(26)16-6-9-18(32)10-7-16/h4-15H,1-3H3,(H,33,37). The lowest BCUT2D eigenvalue weighted by Crippen LogP contribution is -2.25. The number of furan rings is 1. The molecule has 212 valence electrons. The molecule has 0 aliphatic carbocycles. The van der Waals surface area contributed by atoms with Gasteiger partial charge in [-0.25, -0.2) is 17.8 Å². The van der Waals surface area contributed by atoms with E-state index in [-0.39, 0.29) is 22.6 Å². The van der Waals surface area contributed by atoms with Gasteiger partial charge >= 0.3 is 0 Å². The molecule has 0 aliphatic heterocycles. The highest BCUT2D eigenvalue weighted by molar-refractivity contribution is 7.92. The first-order valence-electron chi connectivity index (χ1n) is 12.6. The molecule has 3 aromatic carbocycles. The number of sulfonamides is 1. The molecule has 0 spiro atoms. The van der Waals surface area contributed by atoms with E-state index in [0.29, 0.717) is 49.8 Å². The van der Waals surface area contributed by atoms with Crippen molar-refractivity contribution < 1.29 is 26.4 Å². The highest BCUT2D eigenvalue weighted by Crippen LogP contribution is 2.44. The number of pyridine rings is 1. The SMILES string of the molecule is CNC(=O)c1c(-c2ccc(F)cc2)oc2cc(N(C)S(C)(=O)=O)c(-c3cc(-c4nc5ncccc5o4)ccc3Cl)cc12. The molecule has 0 saturated heterocycles. The maximum atomic E-state index is 13.7. The van der Waals surface area contributed by atoms with Crippen molar-refractivity contribution in [2.24, 2.45) is 0 Å². The van der Waals surface area contributed by atoms with Crippen LogP contribution in [0.3, 0.4) is 0 Å². The van der Waals surface area contributed by atoms with Crippen molar-refractivity contribution in [1.82, 2.24) is 15.3 Å². The number of hydrogen-bond donors (Lipinski definition) is 1. The van der Waals surface area contributed by atoms with Gasteiger partial charge in [-0.1, -0.05) is 11.6 Å². The van der Waals surface area contributed by atoms with Crippen LogP contribution in [-0.2, 0) is 10.0 Å². The number of carbonyl (C=O) groups excluding carboxylic acids is 1. The number of carbonyl (C=O) groups is 1. The van der Waals surface area contributed by atoms with Gasteiger partial charge in [-0.2, -0.15) is 4.98 Å². The van der Waals surface area contributed by atoms with Crippen LogP contribution in [0.2, 0.25) is 5.02 Å². The third-order valence-electron chi connectivity index (χ3n) is 6.87. The first kappa shape index (κ1) is 27.4. The number of nitrogens with one attached hydrogen (secondary N) is 1. The summed E-state index contributed by atoms with van der Waals surface area (Å²) in [6.07, 6.45) is 2.69. The summed E-state index contributed by atoms with van der Waals surface area (Å²) in [4.78, 5) is 21.8. The molecule has 1 amide bonds. The van der Waals surface area contributed by atoms with Gasteiger partial charge in [0.2, 0.25) is 15.9 Å². The van der Waals surface area contributed by atoms with Crippen LogP contribution < -0.4 is 9.62 Å². The van der Waals surface area contributed by atoms with Gasteiger partial charge in [0.1, 0.15) is 17.2 Å². The largest absolute Gasteiger partial charge is 0.455 e. The number of aromatic nitrogens is 2. The van der Waals surface area contributed by atoms with E-state index in [1.54, 1.807) is 42.6 Å². The molecule has 9 nitrogen and oxygen atoms in total. The molecular weight excluding hydrogens is 583 g/mol. The number of benzene rings is 3. The maximum Gasteiger partial charge on any atom is 0.255 e. The highest BCUT2D eigenvalue weighted by Gasteiger charge is 2.27. The van der Waals surface area contributed by atoms with E-state index in [1.165, 1.54) is 44.4 Å². The Morgan fingerprint density at radius 2 is 1.71 bits per heavy atom. The fraction of sp³-hybridized carbons (Fsp3) is 0.100. The molecule has 12 heteroatoms. The van der Waals surface area contributed by atoms with Crippen LogP contribution in [-0.4, -0.2) is 44.6 Å². The van der Waals surface area contributed by atoms with E-state index in [2.05, 4.69) is 15.3 Å². The van der Waals surface area contributed by atoms with Gasteiger partial charge in [-0.15, -0.1) is 0 Å². The van der Waals surface area contributed by atoms with E-state index < -0.39 is 21.7 Å². The van der Waals surface area contributed by atoms with E-state index in [9.17, 15) is 17.6 Å². The van der Waals surface area contributed by atoms with Crippen molar-refractivity contribution in [3.8, 4) is 33.9 Å². The Labute approximate surface area is 244 Å². The Morgan fingerprint density at radius 3 is 2.40 bits per heavy atom. The Kier molecular flexibility index (Phi) is 6.71. The normalized spacial score (nSPS) is 11.7. The van der Waals surface area contributed by atoms with E-state index in [1.807, 2.05) is 0 Å². The lowest BCUT2D eigenvalue weighted by molar-refractivity contribution is 0.0964. The van der Waals surface area contributed by atoms with Crippen molar-refractivity contribution in [2.45, 2.75) is 0 Å². The van der Waals surface area contributed by atoms with Gasteiger partial charge in [0.15, 0.2) is 11.2 Å². The van der Waals surface area contributed by atoms with Crippen molar-refractivity contribution in [3.63, 3.8) is 0 Å². The molecule has 0 unspecified atom stereocenters. The van der Waals surface area contributed by atoms with Gasteiger partial charge < -0.3 is 14.2 Å². The topological polar surface area (TPSA) is 119 Å². The fourth-order valence-electron chi connectivity index (χ4n) is 4.70. The van der Waals surface area contributed by atoms with Crippen molar-refractivity contribution in [3.05, 3.63) is 89.3 Å². The van der Waals surface area contributed by atoms with Crippen LogP contribution >= 0.6 is 11.6 Å². The van der Waals surface area contributed by atoms with Gasteiger partial charge in [0.25, 0.3) is 5.91 Å². The molecule has 6 aromatic rings. The smallest absolute Gasteiger partial charge is 0.255 e. The summed E-state index contributed by atoms with van der Waals surface area (Å²) in [6.45, 7) is 0. The number of hydrogen-bond acceptors (Lipinski definition) is 7. The molecular formula is C30H22ClFN4O5S. The van der Waals surface area contributed by atoms with E-state index in [4.69, 9.17) is 20.4 Å². The lowest BCUT2D eigenvalue weighted by atomic mass is 9.97. The van der Waals surface area contributed by atoms with E-state index >= 15 is 0 Å². The number of nitrogens with zero attached hydrogens (tertiary/aromatic N) is 3. The monoisotopic (exact) mass is 604 g/mol. The number of amides is 1. The summed E-state index contributed by atoms with van der Waals surface area (Å²) in [5, 5.41) is 3.35. The summed E-state index contributed by atoms with van der Waals surface area (Å²) in [6, 6.07) is 17.3. The van der Waals surface area contributed by atoms with Crippen LogP contribution in [0.25, 0.3) is 56.1 Å². The number of halogens is 2. The molecule has 0 saturated carbocycles. The van der Waals surface area contributed by atoms with Crippen LogP contribution in [0.5, 0.6) is 0 Å². The first-order chi connectivity index (χ1) is 20.0. The van der Waals surface area contributed by atoms with Crippen molar-refractivity contribution in [1.29, 1.82) is 0 Å². The Hall–Kier alpha value is -4.74. The molecule has 6 rings (SSSR count). The van der Waals surface area contributed by atoms with Crippen LogP contribution in [0.15, 0.2) is 81.8 Å². The highest BCUT2D eigenvalue weighted by atomic mass is 35.5. The minimum absolute atomic E-state index is 0.200. The number of fused-ring (bicyclic) bond motifs is 2. The molecule has 42 heavy (non-hydrogen) atoms. The third kappa shape index (κ3) is 4.76. The van der Waals surface area contributed by atoms with Crippen molar-refractivity contribution in [2.75, 3.05) is 24.7 Å². The average Bonchev–Trinajstić information content (AvgIpc) is 3.57. The Bertz CT molecular complexity index is 2090. The summed E-state index contributed by atoms with van der Waals surface area (Å²) >= 11 is 6.71. The summed E-state index contributed by atoms with van der Waals surface area (Å²) in [5.41, 5.74) is 3.56. The number of anilines is 1. The molecule has 0 atom stereocenters. The molecule has 3 aromatic heterocycles. The van der Waals surface area contributed by atoms with Gasteiger partial charge in [-0.05, 0) is 60.7 Å². The average molecular weight is 605 g/mol. The molecule has 0 radical (unpaired) electrons. The van der Waals surface area contributed by atoms with E-state index in [0.717, 1.165) is 10.6 Å². The van der Waals surface area contributed by atoms with Crippen molar-refractivity contribution >= 4 is 55.4 Å².